The van der Waals surface area contributed by atoms with E-state index in [4.69, 9.17) is 4.74 Å². The average Bonchev–Trinajstić information content (AvgIpc) is 2.01. The zero-order chi connectivity index (χ0) is 12.3. The molecular weight excluding hydrogens is 234 g/mol. The van der Waals surface area contributed by atoms with E-state index in [2.05, 4.69) is 10.8 Å². The summed E-state index contributed by atoms with van der Waals surface area (Å²) in [5.74, 6) is -1.01. The second-order valence-corrected chi connectivity index (χ2v) is 5.54. The van der Waals surface area contributed by atoms with Gasteiger partial charge in [-0.2, -0.15) is 8.42 Å². The Bertz CT molecular complexity index is 358. The summed E-state index contributed by atoms with van der Waals surface area (Å²) in [5.41, 5.74) is -0.914. The summed E-state index contributed by atoms with van der Waals surface area (Å²) in [6.45, 7) is 7.87. The van der Waals surface area contributed by atoms with Gasteiger partial charge >= 0.3 is 5.97 Å². The molecule has 0 fully saturated rings. The fraction of sp³-hybridized carbons (Fsp3) is 0.667. The van der Waals surface area contributed by atoms with Crippen LogP contribution >= 0.6 is 0 Å². The predicted molar refractivity (Wildman–Crippen MR) is 60.8 cm³/mol. The molecule has 0 aliphatic rings. The lowest BCUT2D eigenvalue weighted by atomic mass is 10.2. The Morgan fingerprint density at radius 1 is 1.38 bits per heavy atom. The van der Waals surface area contributed by atoms with Gasteiger partial charge in [-0.25, -0.2) is 4.79 Å². The third-order valence-electron chi connectivity index (χ3n) is 1.50. The van der Waals surface area contributed by atoms with Crippen molar-refractivity contribution in [2.45, 2.75) is 26.4 Å². The third-order valence-corrected chi connectivity index (χ3v) is 3.05. The molecule has 0 unspecified atom stereocenters. The Balaban J connectivity index is 0. The molecule has 0 aliphatic heterocycles. The standard InChI is InChI=1S/C9H16O5S.H3N/c1-7(2)8(10)14-9(3,4)6-15(11,12)13-5;/h1,6H2,2-5H3;1H3. The first-order valence-electron chi connectivity index (χ1n) is 4.27. The van der Waals surface area contributed by atoms with Crippen LogP contribution in [0.4, 0.5) is 0 Å². The second-order valence-electron chi connectivity index (χ2n) is 3.80. The quantitative estimate of drug-likeness (QED) is 0.445. The van der Waals surface area contributed by atoms with Crippen LogP contribution in [0.1, 0.15) is 20.8 Å². The molecule has 0 rings (SSSR count). The molecule has 0 spiro atoms. The van der Waals surface area contributed by atoms with Gasteiger partial charge in [-0.3, -0.25) is 4.18 Å². The third kappa shape index (κ3) is 6.54. The van der Waals surface area contributed by atoms with Crippen LogP contribution in [0.15, 0.2) is 12.2 Å². The summed E-state index contributed by atoms with van der Waals surface area (Å²) in [5, 5.41) is 0. The van der Waals surface area contributed by atoms with Crippen LogP contribution in [-0.4, -0.2) is 32.9 Å². The van der Waals surface area contributed by atoms with Crippen LogP contribution in [-0.2, 0) is 23.8 Å². The molecular formula is C9H19NO5S. The SMILES string of the molecule is C=C(C)C(=O)OC(C)(C)CS(=O)(=O)OC.N. The summed E-state index contributed by atoms with van der Waals surface area (Å²) in [6, 6.07) is 0. The Kier molecular flexibility index (Phi) is 6.52. The van der Waals surface area contributed by atoms with Crippen LogP contribution < -0.4 is 6.15 Å². The molecule has 0 saturated heterocycles. The zero-order valence-corrected chi connectivity index (χ0v) is 10.9. The molecule has 0 aromatic rings. The van der Waals surface area contributed by atoms with E-state index in [1.54, 1.807) is 0 Å². The van der Waals surface area contributed by atoms with E-state index in [1.807, 2.05) is 0 Å². The van der Waals surface area contributed by atoms with Gasteiger partial charge in [0.2, 0.25) is 0 Å². The maximum Gasteiger partial charge on any atom is 0.333 e. The largest absolute Gasteiger partial charge is 0.455 e. The van der Waals surface area contributed by atoms with Crippen LogP contribution in [0.2, 0.25) is 0 Å². The van der Waals surface area contributed by atoms with Crippen molar-refractivity contribution in [3.8, 4) is 0 Å². The van der Waals surface area contributed by atoms with Crippen molar-refractivity contribution in [3.63, 3.8) is 0 Å². The lowest BCUT2D eigenvalue weighted by Crippen LogP contribution is -2.36. The molecule has 7 heteroatoms. The topological polar surface area (TPSA) is 105 Å². The normalized spacial score (nSPS) is 11.5. The van der Waals surface area contributed by atoms with Gasteiger partial charge in [0.1, 0.15) is 11.4 Å². The van der Waals surface area contributed by atoms with E-state index in [0.29, 0.717) is 0 Å². The van der Waals surface area contributed by atoms with E-state index in [-0.39, 0.29) is 11.7 Å². The van der Waals surface area contributed by atoms with Crippen molar-refractivity contribution < 1.29 is 22.1 Å². The zero-order valence-electron chi connectivity index (χ0n) is 10.1. The number of carbonyl (C=O) groups excluding carboxylic acids is 1. The number of carbonyl (C=O) groups is 1. The van der Waals surface area contributed by atoms with Crippen LogP contribution in [0, 0.1) is 0 Å². The molecule has 0 atom stereocenters. The molecule has 0 heterocycles. The number of hydrogen-bond acceptors (Lipinski definition) is 6. The molecule has 96 valence electrons. The summed E-state index contributed by atoms with van der Waals surface area (Å²) in [7, 11) is -2.59. The highest BCUT2D eigenvalue weighted by molar-refractivity contribution is 7.86. The maximum absolute atomic E-state index is 11.2. The molecule has 0 amide bonds. The average molecular weight is 253 g/mol. The van der Waals surface area contributed by atoms with Crippen LogP contribution in [0.3, 0.4) is 0 Å². The predicted octanol–water partition coefficient (Wildman–Crippen LogP) is 1.02. The molecule has 0 radical (unpaired) electrons. The summed E-state index contributed by atoms with van der Waals surface area (Å²) < 4.78 is 31.5. The first-order chi connectivity index (χ1) is 6.59. The summed E-state index contributed by atoms with van der Waals surface area (Å²) in [4.78, 5) is 11.2. The molecule has 0 bridgehead atoms. The minimum absolute atomic E-state index is 0. The van der Waals surface area contributed by atoms with Crippen LogP contribution in [0.5, 0.6) is 0 Å². The fourth-order valence-electron chi connectivity index (χ4n) is 0.852. The van der Waals surface area contributed by atoms with Gasteiger partial charge in [0.05, 0.1) is 7.11 Å². The van der Waals surface area contributed by atoms with Gasteiger partial charge in [-0.05, 0) is 20.8 Å². The van der Waals surface area contributed by atoms with Crippen molar-refractivity contribution in [3.05, 3.63) is 12.2 Å². The van der Waals surface area contributed by atoms with Crippen molar-refractivity contribution in [1.29, 1.82) is 0 Å². The van der Waals surface area contributed by atoms with Gasteiger partial charge in [0.25, 0.3) is 10.1 Å². The van der Waals surface area contributed by atoms with Crippen molar-refractivity contribution in [2.24, 2.45) is 0 Å². The van der Waals surface area contributed by atoms with Gasteiger partial charge in [-0.1, -0.05) is 6.58 Å². The molecule has 3 N–H and O–H groups in total. The number of rotatable bonds is 5. The second kappa shape index (κ2) is 5.97. The Hall–Kier alpha value is -0.920. The molecule has 16 heavy (non-hydrogen) atoms. The highest BCUT2D eigenvalue weighted by Gasteiger charge is 2.30. The van der Waals surface area contributed by atoms with Gasteiger partial charge in [0, 0.05) is 5.57 Å². The first kappa shape index (κ1) is 17.5. The maximum atomic E-state index is 11.2. The smallest absolute Gasteiger partial charge is 0.333 e. The fourth-order valence-corrected chi connectivity index (χ4v) is 1.88. The van der Waals surface area contributed by atoms with Crippen LogP contribution in [0.25, 0.3) is 0 Å². The molecule has 0 aliphatic carbocycles. The van der Waals surface area contributed by atoms with Crippen molar-refractivity contribution >= 4 is 16.1 Å². The molecule has 6 nitrogen and oxygen atoms in total. The van der Waals surface area contributed by atoms with Crippen molar-refractivity contribution in [1.82, 2.24) is 6.15 Å². The molecule has 0 aromatic carbocycles. The van der Waals surface area contributed by atoms with E-state index in [0.717, 1.165) is 7.11 Å². The Morgan fingerprint density at radius 3 is 2.12 bits per heavy atom. The Labute approximate surface area is 96.3 Å². The Morgan fingerprint density at radius 2 is 1.81 bits per heavy atom. The lowest BCUT2D eigenvalue weighted by Gasteiger charge is -2.24. The van der Waals surface area contributed by atoms with Gasteiger partial charge < -0.3 is 10.9 Å². The lowest BCUT2D eigenvalue weighted by molar-refractivity contribution is -0.149. The van der Waals surface area contributed by atoms with E-state index in [1.165, 1.54) is 20.8 Å². The van der Waals surface area contributed by atoms with E-state index >= 15 is 0 Å². The van der Waals surface area contributed by atoms with E-state index < -0.39 is 27.4 Å². The highest BCUT2D eigenvalue weighted by Crippen LogP contribution is 2.15. The minimum Gasteiger partial charge on any atom is -0.455 e. The monoisotopic (exact) mass is 253 g/mol. The highest BCUT2D eigenvalue weighted by atomic mass is 32.2. The molecule has 0 aromatic heterocycles. The van der Waals surface area contributed by atoms with Gasteiger partial charge in [-0.15, -0.1) is 0 Å². The minimum atomic E-state index is -3.66. The molecule has 0 saturated carbocycles. The van der Waals surface area contributed by atoms with Crippen molar-refractivity contribution in [2.75, 3.05) is 12.9 Å². The number of hydrogen-bond donors (Lipinski definition) is 1. The number of ether oxygens (including phenoxy) is 1. The number of esters is 1. The van der Waals surface area contributed by atoms with Gasteiger partial charge in [0.15, 0.2) is 0 Å². The summed E-state index contributed by atoms with van der Waals surface area (Å²) in [6.07, 6.45) is 0. The van der Waals surface area contributed by atoms with E-state index in [9.17, 15) is 13.2 Å². The first-order valence-corrected chi connectivity index (χ1v) is 5.84. The summed E-state index contributed by atoms with van der Waals surface area (Å²) >= 11 is 0.